The number of nitrogens with zero attached hydrogens (tertiary/aromatic N) is 3. The number of nitrogens with one attached hydrogen (secondary N) is 2. The molecule has 8 bridgehead atoms. The number of fused-ring (bicyclic) bond motifs is 8. The number of esters is 1. The second-order valence-electron chi connectivity index (χ2n) is 15.6. The molecular weight excluding hydrogens is 687 g/mol. The number of hydrogen-bond donors (Lipinski definition) is 2. The summed E-state index contributed by atoms with van der Waals surface area (Å²) in [6.45, 7) is 17.1. The topological polar surface area (TPSA) is 121 Å². The predicted octanol–water partition coefficient (Wildman–Crippen LogP) is 11.2. The Morgan fingerprint density at radius 3 is 2.13 bits per heavy atom. The highest BCUT2D eigenvalue weighted by atomic mass is 16.5. The minimum Gasteiger partial charge on any atom is -0.469 e. The second kappa shape index (κ2) is 17.3. The monoisotopic (exact) mass is 745 g/mol. The van der Waals surface area contributed by atoms with Gasteiger partial charge in [-0.05, 0) is 80.5 Å². The Morgan fingerprint density at radius 1 is 0.836 bits per heavy atom. The number of methoxy groups -OCH3 is 1. The molecule has 2 aromatic heterocycles. The summed E-state index contributed by atoms with van der Waals surface area (Å²) < 4.78 is 5.06. The zero-order valence-electron chi connectivity index (χ0n) is 34.0. The first-order chi connectivity index (χ1) is 26.5. The van der Waals surface area contributed by atoms with Gasteiger partial charge >= 0.3 is 5.97 Å². The fourth-order valence-corrected chi connectivity index (χ4v) is 8.77. The number of imide groups is 1. The summed E-state index contributed by atoms with van der Waals surface area (Å²) in [5, 5.41) is 0. The number of aryl methyl sites for hydroxylation is 1. The number of ether oxygens (including phenoxy) is 1. The predicted molar refractivity (Wildman–Crippen MR) is 222 cm³/mol. The minimum absolute atomic E-state index is 0.0850. The number of H-pyrrole nitrogens is 2. The summed E-state index contributed by atoms with van der Waals surface area (Å²) in [6.07, 6.45) is 14.9. The first-order valence-corrected chi connectivity index (χ1v) is 20.6. The Morgan fingerprint density at radius 2 is 1.47 bits per heavy atom. The number of carbonyl (C=O) groups is 3. The highest BCUT2D eigenvalue weighted by Crippen LogP contribution is 2.45. The average Bonchev–Trinajstić information content (AvgIpc) is 3.85. The third-order valence-electron chi connectivity index (χ3n) is 12.2. The number of aromatic amines is 2. The van der Waals surface area contributed by atoms with Crippen molar-refractivity contribution in [2.45, 2.75) is 137 Å². The van der Waals surface area contributed by atoms with Crippen molar-refractivity contribution in [3.8, 4) is 0 Å². The number of unbranched alkanes of at least 4 members (excludes halogenated alkanes) is 9. The van der Waals surface area contributed by atoms with Crippen LogP contribution in [0.1, 0.15) is 190 Å². The number of hydrogen-bond acceptors (Lipinski definition) is 6. The number of allylic oxidation sites excluding steroid dienone is 5. The van der Waals surface area contributed by atoms with Crippen LogP contribution in [0.2, 0.25) is 0 Å². The van der Waals surface area contributed by atoms with Gasteiger partial charge in [0, 0.05) is 47.3 Å². The molecule has 4 aliphatic heterocycles. The maximum atomic E-state index is 14.8. The summed E-state index contributed by atoms with van der Waals surface area (Å²) in [6, 6.07) is 6.12. The zero-order valence-corrected chi connectivity index (χ0v) is 34.0. The Hall–Kier alpha value is -4.79. The standard InChI is InChI=1S/C46H59N5O4/c1-9-12-13-14-15-16-17-18-19-20-23-51-45(53)41-30(7)37-26-39-32(11-3)28(5)35(48-39)25-38-31(10-2)27(4)34(47-38)24-36-29(6)33(21-22-40(52)55-8)43(49-36)42(46(51)54)44(41)50-37/h10,24-26,29,33,49-50H,2,9,11-23H2,1,3-8H3/t29-,33-/m0/s1. The molecule has 2 N–H and O–H groups in total. The lowest BCUT2D eigenvalue weighted by Crippen LogP contribution is -2.41. The van der Waals surface area contributed by atoms with E-state index in [9.17, 15) is 14.4 Å². The normalized spacial score (nSPS) is 17.3. The van der Waals surface area contributed by atoms with Crippen LogP contribution in [0.15, 0.2) is 30.9 Å². The molecule has 0 aromatic carbocycles. The van der Waals surface area contributed by atoms with Crippen molar-refractivity contribution >= 4 is 51.1 Å². The van der Waals surface area contributed by atoms with E-state index in [0.29, 0.717) is 35.3 Å². The molecule has 6 rings (SSSR count). The van der Waals surface area contributed by atoms with Crippen LogP contribution in [0.4, 0.5) is 0 Å². The lowest BCUT2D eigenvalue weighted by atomic mass is 9.84. The van der Waals surface area contributed by atoms with E-state index < -0.39 is 0 Å². The van der Waals surface area contributed by atoms with Crippen molar-refractivity contribution in [3.63, 3.8) is 0 Å². The summed E-state index contributed by atoms with van der Waals surface area (Å²) >= 11 is 0. The van der Waals surface area contributed by atoms with E-state index in [4.69, 9.17) is 14.7 Å². The van der Waals surface area contributed by atoms with Crippen LogP contribution >= 0.6 is 0 Å². The van der Waals surface area contributed by atoms with E-state index in [-0.39, 0.29) is 36.0 Å². The van der Waals surface area contributed by atoms with Crippen LogP contribution in [0.25, 0.3) is 33.3 Å². The Labute approximate surface area is 326 Å². The molecule has 55 heavy (non-hydrogen) atoms. The van der Waals surface area contributed by atoms with Crippen LogP contribution in [0.5, 0.6) is 0 Å². The average molecular weight is 746 g/mol. The SMILES string of the molecule is C=CC1=C(C)c2cc3[nH]c(c4c5[nH]c(cc6nc(cc1n2)C(C)=C6CC)c(C)c5C(=O)N(CCCCCCCCCCCC)C4=O)[C@@H](CCC(=O)OC)[C@@H]3C. The van der Waals surface area contributed by atoms with Gasteiger partial charge in [0.1, 0.15) is 0 Å². The molecule has 2 atom stereocenters. The lowest BCUT2D eigenvalue weighted by molar-refractivity contribution is -0.140. The fourth-order valence-electron chi connectivity index (χ4n) is 8.77. The Kier molecular flexibility index (Phi) is 12.6. The van der Waals surface area contributed by atoms with E-state index in [1.807, 2.05) is 25.1 Å². The van der Waals surface area contributed by atoms with Gasteiger partial charge in [-0.25, -0.2) is 9.97 Å². The van der Waals surface area contributed by atoms with E-state index >= 15 is 0 Å². The molecule has 0 aliphatic carbocycles. The van der Waals surface area contributed by atoms with Crippen LogP contribution < -0.4 is 0 Å². The van der Waals surface area contributed by atoms with Gasteiger partial charge in [-0.2, -0.15) is 0 Å². The van der Waals surface area contributed by atoms with Crippen LogP contribution in [0.3, 0.4) is 0 Å². The molecule has 9 heteroatoms. The van der Waals surface area contributed by atoms with Crippen molar-refractivity contribution in [1.82, 2.24) is 24.8 Å². The molecule has 0 radical (unpaired) electrons. The van der Waals surface area contributed by atoms with Crippen LogP contribution in [0, 0.1) is 6.92 Å². The van der Waals surface area contributed by atoms with Gasteiger partial charge in [0.05, 0.1) is 46.5 Å². The van der Waals surface area contributed by atoms with E-state index in [1.165, 1.54) is 57.0 Å². The molecule has 2 aromatic rings. The van der Waals surface area contributed by atoms with Crippen LogP contribution in [-0.4, -0.2) is 56.3 Å². The summed E-state index contributed by atoms with van der Waals surface area (Å²) in [5.74, 6) is -1.19. The molecular formula is C46H59N5O4. The molecule has 0 saturated heterocycles. The molecule has 292 valence electrons. The molecule has 0 fully saturated rings. The molecule has 0 spiro atoms. The van der Waals surface area contributed by atoms with E-state index in [2.05, 4.69) is 57.2 Å². The maximum Gasteiger partial charge on any atom is 0.305 e. The van der Waals surface area contributed by atoms with Gasteiger partial charge in [0.2, 0.25) is 0 Å². The van der Waals surface area contributed by atoms with Crippen molar-refractivity contribution in [3.05, 3.63) is 81.7 Å². The van der Waals surface area contributed by atoms with Crippen molar-refractivity contribution < 1.29 is 19.1 Å². The van der Waals surface area contributed by atoms with Gasteiger partial charge in [-0.15, -0.1) is 0 Å². The molecule has 2 amide bonds. The van der Waals surface area contributed by atoms with Gasteiger partial charge in [0.25, 0.3) is 11.8 Å². The number of rotatable bonds is 16. The highest BCUT2D eigenvalue weighted by molar-refractivity contribution is 6.23. The highest BCUT2D eigenvalue weighted by Gasteiger charge is 2.40. The minimum atomic E-state index is -0.311. The number of aromatic nitrogens is 4. The Balaban J connectivity index is 1.52. The summed E-state index contributed by atoms with van der Waals surface area (Å²) in [4.78, 5) is 60.7. The van der Waals surface area contributed by atoms with Gasteiger partial charge in [-0.1, -0.05) is 91.2 Å². The van der Waals surface area contributed by atoms with Gasteiger partial charge < -0.3 is 14.7 Å². The lowest BCUT2D eigenvalue weighted by Gasteiger charge is -2.27. The van der Waals surface area contributed by atoms with Gasteiger partial charge in [-0.3, -0.25) is 19.3 Å². The maximum absolute atomic E-state index is 14.8. The van der Waals surface area contributed by atoms with Crippen molar-refractivity contribution in [1.29, 1.82) is 0 Å². The largest absolute Gasteiger partial charge is 0.469 e. The molecule has 6 heterocycles. The van der Waals surface area contributed by atoms with Gasteiger partial charge in [0.15, 0.2) is 0 Å². The quantitative estimate of drug-likeness (QED) is 0.100. The molecule has 0 saturated carbocycles. The summed E-state index contributed by atoms with van der Waals surface area (Å²) in [7, 11) is 1.40. The molecule has 4 aliphatic rings. The second-order valence-corrected chi connectivity index (χ2v) is 15.6. The molecule has 0 unspecified atom stereocenters. The summed E-state index contributed by atoms with van der Waals surface area (Å²) in [5.41, 5.74) is 12.1. The van der Waals surface area contributed by atoms with Crippen molar-refractivity contribution in [2.24, 2.45) is 0 Å². The fraction of sp³-hybridized carbons (Fsp3) is 0.500. The smallest absolute Gasteiger partial charge is 0.305 e. The zero-order chi connectivity index (χ0) is 39.4. The number of amides is 2. The first-order valence-electron chi connectivity index (χ1n) is 20.6. The van der Waals surface area contributed by atoms with Crippen LogP contribution in [-0.2, 0) is 9.53 Å². The van der Waals surface area contributed by atoms with Crippen molar-refractivity contribution in [2.75, 3.05) is 13.7 Å². The number of carbonyl (C=O) groups excluding carboxylic acids is 3. The third kappa shape index (κ3) is 7.85. The first kappa shape index (κ1) is 39.9. The van der Waals surface area contributed by atoms with E-state index in [1.54, 1.807) is 0 Å². The molecule has 9 nitrogen and oxygen atoms in total. The third-order valence-corrected chi connectivity index (χ3v) is 12.2. The van der Waals surface area contributed by atoms with E-state index in [0.717, 1.165) is 87.5 Å². The Bertz CT molecular complexity index is 2130.